The summed E-state index contributed by atoms with van der Waals surface area (Å²) in [7, 11) is 0. The van der Waals surface area contributed by atoms with Crippen molar-refractivity contribution in [3.63, 3.8) is 0 Å². The Bertz CT molecular complexity index is 1090. The fraction of sp³-hybridized carbons (Fsp3) is 0.417. The SMILES string of the molecule is Cc1ccc2c(c1)C(=O)CC1(CCN(c3nc4cc(C(C)C)ccc4o3)CC1)O2. The Kier molecular flexibility index (Phi) is 4.16. The largest absolute Gasteiger partial charge is 0.486 e. The molecule has 1 fully saturated rings. The number of rotatable bonds is 2. The first kappa shape index (κ1) is 18.2. The predicted molar refractivity (Wildman–Crippen MR) is 113 cm³/mol. The fourth-order valence-electron chi connectivity index (χ4n) is 4.42. The third-order valence-corrected chi connectivity index (χ3v) is 6.26. The van der Waals surface area contributed by atoms with Gasteiger partial charge in [-0.25, -0.2) is 0 Å². The number of benzene rings is 2. The number of aromatic nitrogens is 1. The number of fused-ring (bicyclic) bond motifs is 2. The van der Waals surface area contributed by atoms with Crippen LogP contribution in [-0.2, 0) is 0 Å². The molecule has 1 aromatic heterocycles. The van der Waals surface area contributed by atoms with Crippen LogP contribution in [0.5, 0.6) is 5.75 Å². The quantitative estimate of drug-likeness (QED) is 0.597. The number of anilines is 1. The minimum Gasteiger partial charge on any atom is -0.486 e. The second-order valence-electron chi connectivity index (χ2n) is 8.75. The van der Waals surface area contributed by atoms with E-state index in [1.54, 1.807) is 0 Å². The zero-order valence-electron chi connectivity index (χ0n) is 17.2. The van der Waals surface area contributed by atoms with Crippen molar-refractivity contribution >= 4 is 22.9 Å². The van der Waals surface area contributed by atoms with Crippen molar-refractivity contribution < 1.29 is 13.9 Å². The molecule has 0 N–H and O–H groups in total. The van der Waals surface area contributed by atoms with Crippen molar-refractivity contribution in [2.24, 2.45) is 0 Å². The Morgan fingerprint density at radius 1 is 1.10 bits per heavy atom. The van der Waals surface area contributed by atoms with Gasteiger partial charge in [0.15, 0.2) is 11.4 Å². The Morgan fingerprint density at radius 2 is 1.90 bits per heavy atom. The Labute approximate surface area is 170 Å². The van der Waals surface area contributed by atoms with Crippen molar-refractivity contribution in [3.8, 4) is 5.75 Å². The summed E-state index contributed by atoms with van der Waals surface area (Å²) in [5.74, 6) is 1.37. The van der Waals surface area contributed by atoms with E-state index in [1.165, 1.54) is 5.56 Å². The van der Waals surface area contributed by atoms with Gasteiger partial charge >= 0.3 is 0 Å². The van der Waals surface area contributed by atoms with Gasteiger partial charge in [-0.2, -0.15) is 4.98 Å². The maximum atomic E-state index is 12.7. The van der Waals surface area contributed by atoms with Crippen LogP contribution in [0.25, 0.3) is 11.1 Å². The van der Waals surface area contributed by atoms with Crippen molar-refractivity contribution in [2.75, 3.05) is 18.0 Å². The van der Waals surface area contributed by atoms with Crippen LogP contribution in [0.1, 0.15) is 60.5 Å². The lowest BCUT2D eigenvalue weighted by Gasteiger charge is -2.43. The van der Waals surface area contributed by atoms with Gasteiger partial charge in [0.25, 0.3) is 6.01 Å². The van der Waals surface area contributed by atoms with Gasteiger partial charge in [0, 0.05) is 25.9 Å². The topological polar surface area (TPSA) is 55.6 Å². The van der Waals surface area contributed by atoms with Gasteiger partial charge in [0.05, 0.1) is 12.0 Å². The monoisotopic (exact) mass is 390 g/mol. The molecular formula is C24H26N2O3. The number of carbonyl (C=O) groups excluding carboxylic acids is 1. The minimum atomic E-state index is -0.410. The van der Waals surface area contributed by atoms with Gasteiger partial charge in [-0.15, -0.1) is 0 Å². The standard InChI is InChI=1S/C24H26N2O3/c1-15(2)17-5-7-22-19(13-17)25-23(28-22)26-10-8-24(9-11-26)14-20(27)18-12-16(3)4-6-21(18)29-24/h4-7,12-13,15H,8-11,14H2,1-3H3. The average molecular weight is 390 g/mol. The molecule has 0 amide bonds. The molecule has 3 aromatic rings. The van der Waals surface area contributed by atoms with Gasteiger partial charge in [-0.05, 0) is 42.7 Å². The molecule has 2 aromatic carbocycles. The number of ether oxygens (including phenoxy) is 1. The molecule has 150 valence electrons. The Hall–Kier alpha value is -2.82. The van der Waals surface area contributed by atoms with Crippen molar-refractivity contribution in [1.82, 2.24) is 4.98 Å². The first-order chi connectivity index (χ1) is 13.9. The van der Waals surface area contributed by atoms with Crippen LogP contribution in [0.3, 0.4) is 0 Å². The van der Waals surface area contributed by atoms with Gasteiger partial charge in [-0.1, -0.05) is 31.5 Å². The highest BCUT2D eigenvalue weighted by Crippen LogP contribution is 2.40. The van der Waals surface area contributed by atoms with Gasteiger partial charge < -0.3 is 14.1 Å². The zero-order chi connectivity index (χ0) is 20.2. The number of Topliss-reactive ketones (excluding diaryl/α,β-unsaturated/α-hetero) is 1. The fourth-order valence-corrected chi connectivity index (χ4v) is 4.42. The summed E-state index contributed by atoms with van der Waals surface area (Å²) in [4.78, 5) is 19.6. The van der Waals surface area contributed by atoms with E-state index in [9.17, 15) is 4.79 Å². The number of nitrogens with zero attached hydrogens (tertiary/aromatic N) is 2. The Morgan fingerprint density at radius 3 is 2.66 bits per heavy atom. The lowest BCUT2D eigenvalue weighted by Crippen LogP contribution is -2.51. The van der Waals surface area contributed by atoms with Gasteiger partial charge in [-0.3, -0.25) is 4.79 Å². The molecule has 5 rings (SSSR count). The van der Waals surface area contributed by atoms with Crippen LogP contribution < -0.4 is 9.64 Å². The highest BCUT2D eigenvalue weighted by Gasteiger charge is 2.43. The summed E-state index contributed by atoms with van der Waals surface area (Å²) in [5.41, 5.74) is 4.38. The third kappa shape index (κ3) is 3.18. The minimum absolute atomic E-state index is 0.187. The molecule has 0 unspecified atom stereocenters. The molecule has 0 radical (unpaired) electrons. The lowest BCUT2D eigenvalue weighted by molar-refractivity contribution is 0.0226. The second-order valence-corrected chi connectivity index (χ2v) is 8.75. The first-order valence-electron chi connectivity index (χ1n) is 10.4. The van der Waals surface area contributed by atoms with Crippen molar-refractivity contribution in [3.05, 3.63) is 53.1 Å². The van der Waals surface area contributed by atoms with Crippen LogP contribution in [0, 0.1) is 6.92 Å². The van der Waals surface area contributed by atoms with E-state index in [0.29, 0.717) is 18.4 Å². The molecule has 3 heterocycles. The van der Waals surface area contributed by atoms with Crippen LogP contribution >= 0.6 is 0 Å². The van der Waals surface area contributed by atoms with Gasteiger partial charge in [0.1, 0.15) is 16.9 Å². The van der Waals surface area contributed by atoms with Crippen molar-refractivity contribution in [2.45, 2.75) is 51.6 Å². The average Bonchev–Trinajstić information content (AvgIpc) is 3.12. The van der Waals surface area contributed by atoms with Crippen LogP contribution in [-0.4, -0.2) is 29.5 Å². The summed E-state index contributed by atoms with van der Waals surface area (Å²) in [6, 6.07) is 12.8. The summed E-state index contributed by atoms with van der Waals surface area (Å²) >= 11 is 0. The molecule has 29 heavy (non-hydrogen) atoms. The van der Waals surface area contributed by atoms with E-state index in [4.69, 9.17) is 14.1 Å². The summed E-state index contributed by atoms with van der Waals surface area (Å²) in [5, 5.41) is 0. The van der Waals surface area contributed by atoms with E-state index < -0.39 is 5.60 Å². The van der Waals surface area contributed by atoms with Crippen LogP contribution in [0.4, 0.5) is 6.01 Å². The van der Waals surface area contributed by atoms with E-state index in [1.807, 2.05) is 31.2 Å². The van der Waals surface area contributed by atoms with E-state index in [0.717, 1.165) is 53.9 Å². The zero-order valence-corrected chi connectivity index (χ0v) is 17.2. The molecule has 1 spiro atoms. The van der Waals surface area contributed by atoms with Crippen molar-refractivity contribution in [1.29, 1.82) is 0 Å². The molecule has 0 bridgehead atoms. The predicted octanol–water partition coefficient (Wildman–Crippen LogP) is 5.26. The highest BCUT2D eigenvalue weighted by atomic mass is 16.5. The molecular weight excluding hydrogens is 364 g/mol. The number of piperidine rings is 1. The lowest BCUT2D eigenvalue weighted by atomic mass is 9.82. The number of hydrogen-bond acceptors (Lipinski definition) is 5. The molecule has 0 atom stereocenters. The van der Waals surface area contributed by atoms with E-state index >= 15 is 0 Å². The maximum absolute atomic E-state index is 12.7. The second kappa shape index (κ2) is 6.61. The van der Waals surface area contributed by atoms with Gasteiger partial charge in [0.2, 0.25) is 0 Å². The summed E-state index contributed by atoms with van der Waals surface area (Å²) < 4.78 is 12.4. The molecule has 5 nitrogen and oxygen atoms in total. The molecule has 2 aliphatic heterocycles. The molecule has 0 aliphatic carbocycles. The van der Waals surface area contributed by atoms with E-state index in [-0.39, 0.29) is 5.78 Å². The normalized spacial score (nSPS) is 18.3. The summed E-state index contributed by atoms with van der Waals surface area (Å²) in [6.07, 6.45) is 2.01. The first-order valence-corrected chi connectivity index (χ1v) is 10.4. The third-order valence-electron chi connectivity index (χ3n) is 6.26. The Balaban J connectivity index is 1.35. The maximum Gasteiger partial charge on any atom is 0.298 e. The molecule has 2 aliphatic rings. The summed E-state index contributed by atoms with van der Waals surface area (Å²) in [6.45, 7) is 7.88. The number of oxazole rings is 1. The van der Waals surface area contributed by atoms with Crippen LogP contribution in [0.2, 0.25) is 0 Å². The highest BCUT2D eigenvalue weighted by molar-refractivity contribution is 6.00. The molecule has 5 heteroatoms. The van der Waals surface area contributed by atoms with Crippen LogP contribution in [0.15, 0.2) is 40.8 Å². The smallest absolute Gasteiger partial charge is 0.298 e. The molecule has 0 saturated carbocycles. The molecule has 1 saturated heterocycles. The number of ketones is 1. The number of hydrogen-bond donors (Lipinski definition) is 0. The van der Waals surface area contributed by atoms with E-state index in [2.05, 4.69) is 30.9 Å². The number of aryl methyl sites for hydroxylation is 1. The number of carbonyl (C=O) groups is 1.